The molecule has 10 heteroatoms. The molecule has 27 heavy (non-hydrogen) atoms. The lowest BCUT2D eigenvalue weighted by molar-refractivity contribution is -0.137. The molecule has 0 aliphatic rings. The van der Waals surface area contributed by atoms with E-state index in [1.165, 1.54) is 0 Å². The molecule has 0 saturated carbocycles. The molecule has 0 aliphatic heterocycles. The van der Waals surface area contributed by atoms with Gasteiger partial charge in [-0.25, -0.2) is 4.68 Å². The molecule has 1 aromatic heterocycles. The molecule has 140 valence electrons. The summed E-state index contributed by atoms with van der Waals surface area (Å²) in [5.74, 6) is -1.44. The molecule has 0 unspecified atom stereocenters. The van der Waals surface area contributed by atoms with Gasteiger partial charge in [-0.3, -0.25) is 14.7 Å². The number of phenolic OH excluding ortho intramolecular Hbond substituents is 1. The number of anilines is 1. The van der Waals surface area contributed by atoms with Crippen molar-refractivity contribution in [3.05, 3.63) is 75.2 Å². The molecule has 1 amide bonds. The van der Waals surface area contributed by atoms with Crippen LogP contribution < -0.4 is 10.9 Å². The summed E-state index contributed by atoms with van der Waals surface area (Å²) in [5, 5.41) is 14.8. The van der Waals surface area contributed by atoms with E-state index >= 15 is 0 Å². The molecule has 0 fully saturated rings. The van der Waals surface area contributed by atoms with Crippen molar-refractivity contribution in [1.29, 1.82) is 0 Å². The quantitative estimate of drug-likeness (QED) is 0.587. The van der Waals surface area contributed by atoms with E-state index in [0.29, 0.717) is 22.8 Å². The highest BCUT2D eigenvalue weighted by molar-refractivity contribution is 6.30. The molecule has 3 aromatic rings. The molecule has 0 radical (unpaired) electrons. The number of aromatic nitrogens is 2. The highest BCUT2D eigenvalue weighted by Gasteiger charge is 2.31. The van der Waals surface area contributed by atoms with Crippen LogP contribution in [-0.2, 0) is 6.18 Å². The number of phenols is 1. The van der Waals surface area contributed by atoms with Crippen molar-refractivity contribution in [3.8, 4) is 11.4 Å². The topological polar surface area (TPSA) is 87.1 Å². The van der Waals surface area contributed by atoms with E-state index in [9.17, 15) is 27.9 Å². The fourth-order valence-corrected chi connectivity index (χ4v) is 2.42. The average Bonchev–Trinajstić information content (AvgIpc) is 2.98. The summed E-state index contributed by atoms with van der Waals surface area (Å²) in [6, 6.07) is 9.26. The number of halogens is 4. The molecule has 0 atom stereocenters. The van der Waals surface area contributed by atoms with Gasteiger partial charge in [0.2, 0.25) is 0 Å². The third-order valence-corrected chi connectivity index (χ3v) is 3.87. The van der Waals surface area contributed by atoms with Crippen LogP contribution in [0.3, 0.4) is 0 Å². The lowest BCUT2D eigenvalue weighted by atomic mass is 10.1. The number of rotatable bonds is 3. The summed E-state index contributed by atoms with van der Waals surface area (Å²) in [4.78, 5) is 24.3. The minimum absolute atomic E-state index is 0.202. The van der Waals surface area contributed by atoms with Gasteiger partial charge >= 0.3 is 6.18 Å². The Balaban J connectivity index is 1.89. The Morgan fingerprint density at radius 3 is 2.41 bits per heavy atom. The Morgan fingerprint density at radius 2 is 1.78 bits per heavy atom. The van der Waals surface area contributed by atoms with Gasteiger partial charge in [-0.15, -0.1) is 0 Å². The first-order valence-corrected chi connectivity index (χ1v) is 7.82. The molecular weight excluding hydrogens is 387 g/mol. The largest absolute Gasteiger partial charge is 0.506 e. The van der Waals surface area contributed by atoms with Crippen LogP contribution >= 0.6 is 11.6 Å². The van der Waals surface area contributed by atoms with Crippen molar-refractivity contribution >= 4 is 23.2 Å². The van der Waals surface area contributed by atoms with Crippen LogP contribution in [0.15, 0.2) is 53.3 Å². The number of carbonyl (C=O) groups excluding carboxylic acids is 1. The number of aromatic amines is 1. The van der Waals surface area contributed by atoms with Crippen LogP contribution in [0.25, 0.3) is 5.69 Å². The Labute approximate surface area is 154 Å². The standard InChI is InChI=1S/C17H11ClF3N3O3/c18-10-2-4-11(5-3-10)24-15(26)8-13(23-24)16(27)22-12-7-9(17(19,20)21)1-6-14(12)25/h1-8,23,25H,(H,22,27). The van der Waals surface area contributed by atoms with Crippen LogP contribution in [0.4, 0.5) is 18.9 Å². The van der Waals surface area contributed by atoms with E-state index in [-0.39, 0.29) is 5.69 Å². The van der Waals surface area contributed by atoms with Crippen molar-refractivity contribution in [2.45, 2.75) is 6.18 Å². The zero-order valence-corrected chi connectivity index (χ0v) is 14.1. The second-order valence-corrected chi connectivity index (χ2v) is 5.94. The van der Waals surface area contributed by atoms with Gasteiger partial charge in [-0.2, -0.15) is 13.2 Å². The van der Waals surface area contributed by atoms with Crippen LogP contribution in [0.5, 0.6) is 5.75 Å². The van der Waals surface area contributed by atoms with Crippen LogP contribution in [0.1, 0.15) is 16.1 Å². The third-order valence-electron chi connectivity index (χ3n) is 3.62. The van der Waals surface area contributed by atoms with E-state index in [0.717, 1.165) is 16.8 Å². The number of carbonyl (C=O) groups is 1. The van der Waals surface area contributed by atoms with Gasteiger partial charge in [0.25, 0.3) is 11.5 Å². The Morgan fingerprint density at radius 1 is 1.11 bits per heavy atom. The third kappa shape index (κ3) is 3.98. The molecule has 2 aromatic carbocycles. The number of benzene rings is 2. The summed E-state index contributed by atoms with van der Waals surface area (Å²) in [5.41, 5.74) is -1.83. The summed E-state index contributed by atoms with van der Waals surface area (Å²) in [7, 11) is 0. The number of hydrogen-bond acceptors (Lipinski definition) is 3. The van der Waals surface area contributed by atoms with Gasteiger partial charge in [-0.1, -0.05) is 11.6 Å². The molecule has 3 N–H and O–H groups in total. The Kier molecular flexibility index (Phi) is 4.71. The highest BCUT2D eigenvalue weighted by atomic mass is 35.5. The predicted molar refractivity (Wildman–Crippen MR) is 92.5 cm³/mol. The van der Waals surface area contributed by atoms with Crippen LogP contribution in [0.2, 0.25) is 5.02 Å². The average molecular weight is 398 g/mol. The van der Waals surface area contributed by atoms with E-state index in [2.05, 4.69) is 10.4 Å². The van der Waals surface area contributed by atoms with Gasteiger partial charge in [0.1, 0.15) is 11.4 Å². The minimum atomic E-state index is -4.64. The molecular formula is C17H11ClF3N3O3. The number of H-pyrrole nitrogens is 1. The maximum atomic E-state index is 12.8. The monoisotopic (exact) mass is 397 g/mol. The number of aromatic hydroxyl groups is 1. The van der Waals surface area contributed by atoms with E-state index in [1.807, 2.05) is 0 Å². The normalized spacial score (nSPS) is 11.4. The fraction of sp³-hybridized carbons (Fsp3) is 0.0588. The summed E-state index contributed by atoms with van der Waals surface area (Å²) in [6.45, 7) is 0. The van der Waals surface area contributed by atoms with Gasteiger partial charge in [0.05, 0.1) is 16.9 Å². The Hall–Kier alpha value is -3.20. The maximum Gasteiger partial charge on any atom is 0.416 e. The number of nitrogens with one attached hydrogen (secondary N) is 2. The van der Waals surface area contributed by atoms with Crippen LogP contribution in [0, 0.1) is 0 Å². The van der Waals surface area contributed by atoms with Crippen molar-refractivity contribution in [3.63, 3.8) is 0 Å². The highest BCUT2D eigenvalue weighted by Crippen LogP contribution is 2.34. The summed E-state index contributed by atoms with van der Waals surface area (Å²) < 4.78 is 39.4. The van der Waals surface area contributed by atoms with E-state index in [4.69, 9.17) is 11.6 Å². The first kappa shape index (κ1) is 18.6. The van der Waals surface area contributed by atoms with E-state index in [1.54, 1.807) is 24.3 Å². The number of alkyl halides is 3. The predicted octanol–water partition coefficient (Wildman–Crippen LogP) is 3.80. The van der Waals surface area contributed by atoms with Crippen LogP contribution in [-0.4, -0.2) is 20.8 Å². The second kappa shape index (κ2) is 6.84. The minimum Gasteiger partial charge on any atom is -0.506 e. The molecule has 0 bridgehead atoms. The molecule has 1 heterocycles. The summed E-state index contributed by atoms with van der Waals surface area (Å²) in [6.07, 6.45) is -4.64. The zero-order valence-electron chi connectivity index (χ0n) is 13.3. The molecule has 0 spiro atoms. The molecule has 6 nitrogen and oxygen atoms in total. The number of hydrogen-bond donors (Lipinski definition) is 3. The lowest BCUT2D eigenvalue weighted by Crippen LogP contribution is -2.15. The first-order valence-electron chi connectivity index (χ1n) is 7.45. The maximum absolute atomic E-state index is 12.8. The fourth-order valence-electron chi connectivity index (χ4n) is 2.30. The van der Waals surface area contributed by atoms with Crippen molar-refractivity contribution in [2.75, 3.05) is 5.32 Å². The lowest BCUT2D eigenvalue weighted by Gasteiger charge is -2.11. The molecule has 0 aliphatic carbocycles. The number of amides is 1. The first-order chi connectivity index (χ1) is 12.6. The molecule has 0 saturated heterocycles. The Bertz CT molecular complexity index is 1060. The second-order valence-electron chi connectivity index (χ2n) is 5.50. The van der Waals surface area contributed by atoms with Crippen molar-refractivity contribution in [2.24, 2.45) is 0 Å². The van der Waals surface area contributed by atoms with Crippen molar-refractivity contribution < 1.29 is 23.1 Å². The van der Waals surface area contributed by atoms with Gasteiger partial charge in [0, 0.05) is 11.1 Å². The van der Waals surface area contributed by atoms with Gasteiger partial charge in [0.15, 0.2) is 0 Å². The van der Waals surface area contributed by atoms with Gasteiger partial charge < -0.3 is 10.4 Å². The smallest absolute Gasteiger partial charge is 0.416 e. The zero-order chi connectivity index (χ0) is 19.8. The SMILES string of the molecule is O=C(Nc1cc(C(F)(F)F)ccc1O)c1cc(=O)n(-c2ccc(Cl)cc2)[nH]1. The van der Waals surface area contributed by atoms with Gasteiger partial charge in [-0.05, 0) is 42.5 Å². The van der Waals surface area contributed by atoms with Crippen molar-refractivity contribution in [1.82, 2.24) is 9.78 Å². The number of nitrogens with zero attached hydrogens (tertiary/aromatic N) is 1. The molecule has 3 rings (SSSR count). The van der Waals surface area contributed by atoms with E-state index < -0.39 is 34.6 Å². The summed E-state index contributed by atoms with van der Waals surface area (Å²) >= 11 is 5.78.